The predicted octanol–water partition coefficient (Wildman–Crippen LogP) is 2.29. The van der Waals surface area contributed by atoms with E-state index in [2.05, 4.69) is 5.73 Å². The summed E-state index contributed by atoms with van der Waals surface area (Å²) in [4.78, 5) is -0.198. The van der Waals surface area contributed by atoms with Crippen LogP contribution in [-0.2, 0) is 10.0 Å². The molecule has 0 bridgehead atoms. The number of anilines is 1. The number of benzene rings is 2. The summed E-state index contributed by atoms with van der Waals surface area (Å²) in [6.45, 7) is 0. The van der Waals surface area contributed by atoms with Crippen LogP contribution in [0.2, 0.25) is 5.02 Å². The van der Waals surface area contributed by atoms with Crippen molar-refractivity contribution in [3.05, 3.63) is 53.1 Å². The minimum atomic E-state index is -4.07. The predicted molar refractivity (Wildman–Crippen MR) is 71.2 cm³/mol. The van der Waals surface area contributed by atoms with Gasteiger partial charge < -0.3 is 5.73 Å². The van der Waals surface area contributed by atoms with Crippen molar-refractivity contribution >= 4 is 33.0 Å². The molecule has 0 fully saturated rings. The summed E-state index contributed by atoms with van der Waals surface area (Å²) in [5.74, 6) is -1.93. The Morgan fingerprint density at radius 3 is 2.40 bits per heavy atom. The Balaban J connectivity index is 2.45. The highest BCUT2D eigenvalue weighted by Gasteiger charge is 2.21. The van der Waals surface area contributed by atoms with Crippen molar-refractivity contribution in [2.24, 2.45) is 0 Å². The molecule has 0 atom stereocenters. The van der Waals surface area contributed by atoms with Crippen LogP contribution in [0.4, 0.5) is 20.2 Å². The van der Waals surface area contributed by atoms with E-state index in [0.29, 0.717) is 0 Å². The van der Waals surface area contributed by atoms with Gasteiger partial charge in [-0.1, -0.05) is 23.7 Å². The molecule has 0 spiro atoms. The molecule has 2 aromatic rings. The first-order valence-corrected chi connectivity index (χ1v) is 7.26. The van der Waals surface area contributed by atoms with Crippen LogP contribution in [0.15, 0.2) is 41.3 Å². The molecule has 0 saturated carbocycles. The lowest BCUT2D eigenvalue weighted by Gasteiger charge is -2.10. The van der Waals surface area contributed by atoms with E-state index in [1.807, 2.05) is 4.72 Å². The van der Waals surface area contributed by atoms with Crippen LogP contribution in [0, 0.1) is 11.6 Å². The van der Waals surface area contributed by atoms with Gasteiger partial charge >= 0.3 is 0 Å². The van der Waals surface area contributed by atoms with Gasteiger partial charge in [-0.3, -0.25) is 4.72 Å². The van der Waals surface area contributed by atoms with E-state index >= 15 is 0 Å². The minimum absolute atomic E-state index is 0.00244. The molecule has 0 aromatic heterocycles. The lowest BCUT2D eigenvalue weighted by Crippen LogP contribution is -2.43. The number of nitrogens with one attached hydrogen (secondary N) is 1. The van der Waals surface area contributed by atoms with Gasteiger partial charge in [-0.2, -0.15) is 4.39 Å². The Kier molecular flexibility index (Phi) is 3.94. The third-order valence-corrected chi connectivity index (χ3v) is 4.42. The Morgan fingerprint density at radius 1 is 1.10 bits per heavy atom. The van der Waals surface area contributed by atoms with Crippen molar-refractivity contribution in [1.82, 2.24) is 0 Å². The summed E-state index contributed by atoms with van der Waals surface area (Å²) < 4.78 is 53.0. The number of halogens is 3. The number of quaternary nitrogens is 1. The van der Waals surface area contributed by atoms with Crippen molar-refractivity contribution in [2.45, 2.75) is 4.90 Å². The van der Waals surface area contributed by atoms with Crippen LogP contribution < -0.4 is 10.5 Å². The maximum Gasteiger partial charge on any atom is 0.263 e. The van der Waals surface area contributed by atoms with Crippen molar-refractivity contribution in [3.63, 3.8) is 0 Å². The molecule has 0 heterocycles. The lowest BCUT2D eigenvalue weighted by atomic mass is 10.2. The van der Waals surface area contributed by atoms with Gasteiger partial charge in [0.2, 0.25) is 11.5 Å². The number of rotatable bonds is 3. The molecule has 8 heteroatoms. The average molecular weight is 320 g/mol. The van der Waals surface area contributed by atoms with Gasteiger partial charge in [0.1, 0.15) is 4.90 Å². The highest BCUT2D eigenvalue weighted by Crippen LogP contribution is 2.27. The smallest absolute Gasteiger partial charge is 0.263 e. The molecule has 106 valence electrons. The molecule has 4 nitrogen and oxygen atoms in total. The van der Waals surface area contributed by atoms with Gasteiger partial charge in [-0.15, -0.1) is 0 Å². The second-order valence-corrected chi connectivity index (χ2v) is 5.98. The molecule has 0 aliphatic heterocycles. The zero-order valence-corrected chi connectivity index (χ0v) is 11.6. The summed E-state index contributed by atoms with van der Waals surface area (Å²) in [7, 11) is -4.07. The third kappa shape index (κ3) is 2.74. The molecule has 0 aliphatic carbocycles. The molecular weight excluding hydrogens is 310 g/mol. The van der Waals surface area contributed by atoms with Crippen molar-refractivity contribution in [1.29, 1.82) is 0 Å². The molecule has 0 amide bonds. The number of sulfonamides is 1. The van der Waals surface area contributed by atoms with Gasteiger partial charge in [-0.05, 0) is 24.3 Å². The SMILES string of the molecule is [NH3+]c1c(F)ccc(NS(=O)(=O)c2ccccc2Cl)c1F. The van der Waals surface area contributed by atoms with Gasteiger partial charge in [0.25, 0.3) is 10.0 Å². The van der Waals surface area contributed by atoms with Crippen LogP contribution in [0.1, 0.15) is 0 Å². The van der Waals surface area contributed by atoms with Crippen molar-refractivity contribution in [2.75, 3.05) is 4.72 Å². The van der Waals surface area contributed by atoms with Gasteiger partial charge in [0, 0.05) is 0 Å². The Bertz CT molecular complexity index is 766. The molecule has 0 aliphatic rings. The van der Waals surface area contributed by atoms with E-state index in [1.54, 1.807) is 6.07 Å². The maximum absolute atomic E-state index is 13.7. The summed E-state index contributed by atoms with van der Waals surface area (Å²) in [6.07, 6.45) is 0. The van der Waals surface area contributed by atoms with E-state index in [0.717, 1.165) is 12.1 Å². The van der Waals surface area contributed by atoms with Gasteiger partial charge in [-0.25, -0.2) is 12.8 Å². The third-order valence-electron chi connectivity index (χ3n) is 2.56. The fourth-order valence-electron chi connectivity index (χ4n) is 1.54. The summed E-state index contributed by atoms with van der Waals surface area (Å²) in [5.41, 5.74) is 2.29. The Hall–Kier alpha value is -1.70. The van der Waals surface area contributed by atoms with Crippen LogP contribution in [0.5, 0.6) is 0 Å². The first-order chi connectivity index (χ1) is 9.33. The molecule has 0 unspecified atom stereocenters. The second-order valence-electron chi connectivity index (χ2n) is 3.92. The Labute approximate surface area is 119 Å². The van der Waals surface area contributed by atoms with Crippen molar-refractivity contribution in [3.8, 4) is 0 Å². The quantitative estimate of drug-likeness (QED) is 0.911. The number of hydrogen-bond donors (Lipinski definition) is 2. The van der Waals surface area contributed by atoms with E-state index in [4.69, 9.17) is 11.6 Å². The molecule has 0 saturated heterocycles. The van der Waals surface area contributed by atoms with E-state index in [-0.39, 0.29) is 9.92 Å². The van der Waals surface area contributed by atoms with Crippen LogP contribution in [0.25, 0.3) is 0 Å². The summed E-state index contributed by atoms with van der Waals surface area (Å²) in [6, 6.07) is 7.62. The average Bonchev–Trinajstić information content (AvgIpc) is 2.40. The first kappa shape index (κ1) is 14.7. The second kappa shape index (κ2) is 5.35. The molecular formula is C12H10ClF2N2O2S+. The topological polar surface area (TPSA) is 73.8 Å². The molecule has 20 heavy (non-hydrogen) atoms. The monoisotopic (exact) mass is 319 g/mol. The highest BCUT2D eigenvalue weighted by atomic mass is 35.5. The zero-order valence-electron chi connectivity index (χ0n) is 10.0. The maximum atomic E-state index is 13.7. The van der Waals surface area contributed by atoms with Crippen LogP contribution >= 0.6 is 11.6 Å². The molecule has 2 rings (SSSR count). The normalized spacial score (nSPS) is 11.4. The van der Waals surface area contributed by atoms with Gasteiger partial charge in [0.05, 0.1) is 10.7 Å². The summed E-state index contributed by atoms with van der Waals surface area (Å²) >= 11 is 5.79. The van der Waals surface area contributed by atoms with E-state index in [9.17, 15) is 17.2 Å². The Morgan fingerprint density at radius 2 is 1.75 bits per heavy atom. The molecule has 2 aromatic carbocycles. The standard InChI is InChI=1S/C12H9ClF2N2O2S/c13-7-3-1-2-4-10(7)20(18,19)17-9-6-5-8(14)12(16)11(9)15/h1-6,17H,16H2/p+1. The van der Waals surface area contributed by atoms with Crippen molar-refractivity contribution < 1.29 is 22.9 Å². The van der Waals surface area contributed by atoms with E-state index in [1.165, 1.54) is 18.2 Å². The summed E-state index contributed by atoms with van der Waals surface area (Å²) in [5, 5.41) is -0.00244. The number of hydrogen-bond acceptors (Lipinski definition) is 2. The van der Waals surface area contributed by atoms with E-state index < -0.39 is 33.0 Å². The first-order valence-electron chi connectivity index (χ1n) is 5.40. The lowest BCUT2D eigenvalue weighted by molar-refractivity contribution is -0.262. The molecule has 0 radical (unpaired) electrons. The largest absolute Gasteiger partial charge is 0.320 e. The van der Waals surface area contributed by atoms with Gasteiger partial charge in [0.15, 0.2) is 5.82 Å². The fraction of sp³-hybridized carbons (Fsp3) is 0. The zero-order chi connectivity index (χ0) is 14.9. The molecule has 4 N–H and O–H groups in total. The fourth-order valence-corrected chi connectivity index (χ4v) is 3.12. The van der Waals surface area contributed by atoms with Crippen LogP contribution in [-0.4, -0.2) is 8.42 Å². The minimum Gasteiger partial charge on any atom is -0.320 e. The van der Waals surface area contributed by atoms with Crippen LogP contribution in [0.3, 0.4) is 0 Å². The highest BCUT2D eigenvalue weighted by molar-refractivity contribution is 7.92.